The van der Waals surface area contributed by atoms with E-state index < -0.39 is 5.60 Å². The summed E-state index contributed by atoms with van der Waals surface area (Å²) in [6.45, 7) is 10.1. The van der Waals surface area contributed by atoms with Crippen LogP contribution >= 0.6 is 23.2 Å². The normalized spacial score (nSPS) is 16.4. The first-order valence-electron chi connectivity index (χ1n) is 18.2. The Labute approximate surface area is 310 Å². The average molecular weight is 722 g/mol. The van der Waals surface area contributed by atoms with E-state index in [-0.39, 0.29) is 0 Å². The maximum absolute atomic E-state index is 11.9. The van der Waals surface area contributed by atoms with Crippen molar-refractivity contribution in [2.24, 2.45) is 0 Å². The average Bonchev–Trinajstić information content (AvgIpc) is 3.58. The van der Waals surface area contributed by atoms with Gasteiger partial charge < -0.3 is 19.1 Å². The fourth-order valence-corrected chi connectivity index (χ4v) is 8.66. The summed E-state index contributed by atoms with van der Waals surface area (Å²) in [5.74, 6) is 0. The minimum absolute atomic E-state index is 0.460. The monoisotopic (exact) mass is 720 g/mol. The standard InChI is InChI=1S/C42H46Cl2N6O/c1-28-6-7-29(23-45-28)5-4-17-49-38-12-9-31(43)22-35(38)37-26-48(20-16-40(37)49)19-14-33-11-8-30(24-46-33)42(2,51)27-50-39-13-10-32(44)21-34(39)36-25-47(3)18-15-41(36)50/h6-13,21-24,51H,4-5,14-20,25-27H2,1-3H3/t42-/m1/s1. The Bertz CT molecular complexity index is 2200. The minimum atomic E-state index is -1.08. The topological polar surface area (TPSA) is 62.4 Å². The highest BCUT2D eigenvalue weighted by Crippen LogP contribution is 2.36. The van der Waals surface area contributed by atoms with Crippen LogP contribution in [-0.2, 0) is 57.5 Å². The van der Waals surface area contributed by atoms with Crippen LogP contribution in [0.5, 0.6) is 0 Å². The second-order valence-electron chi connectivity index (χ2n) is 14.9. The smallest absolute Gasteiger partial charge is 0.106 e. The molecule has 0 spiro atoms. The van der Waals surface area contributed by atoms with E-state index in [0.29, 0.717) is 6.54 Å². The molecular formula is C42H46Cl2N6O. The first-order chi connectivity index (χ1) is 24.6. The van der Waals surface area contributed by atoms with Crippen molar-refractivity contribution in [3.05, 3.63) is 128 Å². The Morgan fingerprint density at radius 1 is 0.765 bits per heavy atom. The number of nitrogens with zero attached hydrogens (tertiary/aromatic N) is 6. The van der Waals surface area contributed by atoms with Gasteiger partial charge in [0.2, 0.25) is 0 Å². The van der Waals surface area contributed by atoms with E-state index in [4.69, 9.17) is 28.2 Å². The maximum atomic E-state index is 11.9. The van der Waals surface area contributed by atoms with Gasteiger partial charge in [0.1, 0.15) is 5.60 Å². The summed E-state index contributed by atoms with van der Waals surface area (Å²) in [4.78, 5) is 14.2. The van der Waals surface area contributed by atoms with Crippen LogP contribution in [-0.4, -0.2) is 60.7 Å². The summed E-state index contributed by atoms with van der Waals surface area (Å²) in [6.07, 6.45) is 8.78. The third-order valence-electron chi connectivity index (χ3n) is 11.1. The molecule has 6 heterocycles. The van der Waals surface area contributed by atoms with Gasteiger partial charge in [-0.2, -0.15) is 0 Å². The number of hydrogen-bond donors (Lipinski definition) is 1. The van der Waals surface area contributed by atoms with Crippen LogP contribution in [0.3, 0.4) is 0 Å². The summed E-state index contributed by atoms with van der Waals surface area (Å²) >= 11 is 13.0. The van der Waals surface area contributed by atoms with Crippen molar-refractivity contribution in [1.82, 2.24) is 28.9 Å². The van der Waals surface area contributed by atoms with Crippen molar-refractivity contribution >= 4 is 45.0 Å². The summed E-state index contributed by atoms with van der Waals surface area (Å²) < 4.78 is 4.84. The SMILES string of the molecule is Cc1ccc(CCCn2c3c(c4cc(Cl)ccc42)CN(CCc2ccc([C@](C)(O)Cn4c5c(c6cc(Cl)ccc64)CN(C)CC5)cn2)CC3)cn1. The van der Waals surface area contributed by atoms with Crippen LogP contribution in [0.4, 0.5) is 0 Å². The molecule has 2 aromatic carbocycles. The van der Waals surface area contributed by atoms with Gasteiger partial charge in [0.25, 0.3) is 0 Å². The fourth-order valence-electron chi connectivity index (χ4n) is 8.31. The Morgan fingerprint density at radius 2 is 1.47 bits per heavy atom. The number of aryl methyl sites for hydroxylation is 3. The molecule has 0 saturated heterocycles. The van der Waals surface area contributed by atoms with Gasteiger partial charge in [-0.15, -0.1) is 0 Å². The van der Waals surface area contributed by atoms with E-state index in [1.165, 1.54) is 44.4 Å². The van der Waals surface area contributed by atoms with E-state index in [0.717, 1.165) is 104 Å². The molecule has 0 unspecified atom stereocenters. The fraction of sp³-hybridized carbons (Fsp3) is 0.381. The summed E-state index contributed by atoms with van der Waals surface area (Å²) in [7, 11) is 2.16. The van der Waals surface area contributed by atoms with Crippen molar-refractivity contribution in [2.75, 3.05) is 26.7 Å². The second-order valence-corrected chi connectivity index (χ2v) is 15.8. The molecule has 0 amide bonds. The number of aliphatic hydroxyl groups is 1. The van der Waals surface area contributed by atoms with Gasteiger partial charge >= 0.3 is 0 Å². The molecule has 8 rings (SSSR count). The van der Waals surface area contributed by atoms with Crippen molar-refractivity contribution in [3.8, 4) is 0 Å². The lowest BCUT2D eigenvalue weighted by atomic mass is 9.96. The number of fused-ring (bicyclic) bond motifs is 6. The molecular weight excluding hydrogens is 675 g/mol. The molecule has 1 N–H and O–H groups in total. The zero-order chi connectivity index (χ0) is 35.3. The Hall–Kier alpha value is -3.72. The van der Waals surface area contributed by atoms with Crippen molar-refractivity contribution < 1.29 is 5.11 Å². The number of likely N-dealkylation sites (N-methyl/N-ethyl adjacent to an activating group) is 1. The zero-order valence-electron chi connectivity index (χ0n) is 29.8. The lowest BCUT2D eigenvalue weighted by molar-refractivity contribution is 0.0381. The highest BCUT2D eigenvalue weighted by molar-refractivity contribution is 6.31. The number of halogens is 2. The van der Waals surface area contributed by atoms with Gasteiger partial charge in [-0.25, -0.2) is 0 Å². The van der Waals surface area contributed by atoms with Crippen LogP contribution in [0.2, 0.25) is 10.0 Å². The van der Waals surface area contributed by atoms with Gasteiger partial charge in [0, 0.05) is 131 Å². The Morgan fingerprint density at radius 3 is 2.18 bits per heavy atom. The molecule has 2 aliphatic heterocycles. The molecule has 0 aliphatic carbocycles. The van der Waals surface area contributed by atoms with Gasteiger partial charge in [0.15, 0.2) is 0 Å². The van der Waals surface area contributed by atoms with Crippen molar-refractivity contribution in [3.63, 3.8) is 0 Å². The molecule has 4 aromatic heterocycles. The van der Waals surface area contributed by atoms with Crippen molar-refractivity contribution in [1.29, 1.82) is 0 Å². The molecule has 6 aromatic rings. The predicted octanol–water partition coefficient (Wildman–Crippen LogP) is 8.13. The zero-order valence-corrected chi connectivity index (χ0v) is 31.3. The van der Waals surface area contributed by atoms with Gasteiger partial charge in [0.05, 0.1) is 6.54 Å². The van der Waals surface area contributed by atoms with E-state index in [1.54, 1.807) is 0 Å². The number of benzene rings is 2. The Balaban J connectivity index is 0.941. The quantitative estimate of drug-likeness (QED) is 0.155. The molecule has 0 saturated carbocycles. The number of hydrogen-bond acceptors (Lipinski definition) is 5. The third-order valence-corrected chi connectivity index (χ3v) is 11.6. The van der Waals surface area contributed by atoms with E-state index in [1.807, 2.05) is 38.4 Å². The van der Waals surface area contributed by atoms with Crippen LogP contribution < -0.4 is 0 Å². The number of aromatic nitrogens is 4. The number of rotatable bonds is 10. The van der Waals surface area contributed by atoms with Gasteiger partial charge in [-0.3, -0.25) is 14.9 Å². The predicted molar refractivity (Wildman–Crippen MR) is 208 cm³/mol. The molecule has 0 fully saturated rings. The first-order valence-corrected chi connectivity index (χ1v) is 19.0. The largest absolute Gasteiger partial charge is 0.384 e. The van der Waals surface area contributed by atoms with Crippen LogP contribution in [0.25, 0.3) is 21.8 Å². The van der Waals surface area contributed by atoms with Crippen molar-refractivity contribution in [2.45, 2.75) is 77.7 Å². The highest BCUT2D eigenvalue weighted by atomic mass is 35.5. The molecule has 1 atom stereocenters. The van der Waals surface area contributed by atoms with E-state index >= 15 is 0 Å². The summed E-state index contributed by atoms with van der Waals surface area (Å²) in [6, 6.07) is 20.9. The molecule has 2 aliphatic rings. The molecule has 51 heavy (non-hydrogen) atoms. The van der Waals surface area contributed by atoms with Crippen LogP contribution in [0, 0.1) is 6.92 Å². The van der Waals surface area contributed by atoms with Gasteiger partial charge in [-0.05, 0) is 99.0 Å². The van der Waals surface area contributed by atoms with Crippen LogP contribution in [0.1, 0.15) is 58.4 Å². The summed E-state index contributed by atoms with van der Waals surface area (Å²) in [5.41, 5.74) is 11.0. The lowest BCUT2D eigenvalue weighted by Gasteiger charge is -2.29. The maximum Gasteiger partial charge on any atom is 0.106 e. The highest BCUT2D eigenvalue weighted by Gasteiger charge is 2.30. The summed E-state index contributed by atoms with van der Waals surface area (Å²) in [5, 5.41) is 15.8. The molecule has 0 radical (unpaired) electrons. The van der Waals surface area contributed by atoms with E-state index in [9.17, 15) is 5.11 Å². The minimum Gasteiger partial charge on any atom is -0.384 e. The first kappa shape index (κ1) is 34.4. The Kier molecular flexibility index (Phi) is 9.45. The molecule has 0 bridgehead atoms. The van der Waals surface area contributed by atoms with Crippen LogP contribution in [0.15, 0.2) is 73.1 Å². The molecule has 9 heteroatoms. The molecule has 7 nitrogen and oxygen atoms in total. The third kappa shape index (κ3) is 6.95. The lowest BCUT2D eigenvalue weighted by Crippen LogP contribution is -2.33. The van der Waals surface area contributed by atoms with Gasteiger partial charge in [-0.1, -0.05) is 35.3 Å². The van der Waals surface area contributed by atoms with E-state index in [2.05, 4.69) is 79.5 Å². The number of pyridine rings is 2. The second kappa shape index (κ2) is 14.0. The molecule has 264 valence electrons.